The summed E-state index contributed by atoms with van der Waals surface area (Å²) in [5.41, 5.74) is 7.05. The zero-order chi connectivity index (χ0) is 12.8. The standard InChI is InChI=1S/C12H15NO4/c13-10-3-1-8(2-4-10)5-9(6-11(14)15)7-12(16)17/h1-4,9H,5-7,13H2,(H,14,15)(H,16,17). The highest BCUT2D eigenvalue weighted by molar-refractivity contribution is 5.70. The van der Waals surface area contributed by atoms with Gasteiger partial charge < -0.3 is 15.9 Å². The Morgan fingerprint density at radius 1 is 1.06 bits per heavy atom. The summed E-state index contributed by atoms with van der Waals surface area (Å²) >= 11 is 0. The van der Waals surface area contributed by atoms with E-state index in [1.807, 2.05) is 0 Å². The van der Waals surface area contributed by atoms with Gasteiger partial charge in [-0.25, -0.2) is 0 Å². The first-order valence-corrected chi connectivity index (χ1v) is 5.25. The van der Waals surface area contributed by atoms with Gasteiger partial charge >= 0.3 is 11.9 Å². The highest BCUT2D eigenvalue weighted by atomic mass is 16.4. The lowest BCUT2D eigenvalue weighted by atomic mass is 9.93. The predicted molar refractivity (Wildman–Crippen MR) is 62.6 cm³/mol. The molecule has 0 fully saturated rings. The molecule has 0 unspecified atom stereocenters. The van der Waals surface area contributed by atoms with Crippen molar-refractivity contribution in [2.75, 3.05) is 5.73 Å². The molecule has 5 nitrogen and oxygen atoms in total. The summed E-state index contributed by atoms with van der Waals surface area (Å²) in [4.78, 5) is 21.2. The lowest BCUT2D eigenvalue weighted by molar-refractivity contribution is -0.140. The molecule has 0 saturated carbocycles. The molecule has 0 heterocycles. The molecule has 1 aromatic rings. The third-order valence-corrected chi connectivity index (χ3v) is 2.43. The minimum absolute atomic E-state index is 0.142. The summed E-state index contributed by atoms with van der Waals surface area (Å²) in [6.45, 7) is 0. The zero-order valence-corrected chi connectivity index (χ0v) is 9.30. The second-order valence-corrected chi connectivity index (χ2v) is 4.01. The Balaban J connectivity index is 2.67. The Bertz CT molecular complexity index is 383. The summed E-state index contributed by atoms with van der Waals surface area (Å²) in [5, 5.41) is 17.4. The molecule has 0 aromatic heterocycles. The Morgan fingerprint density at radius 2 is 1.53 bits per heavy atom. The highest BCUT2D eigenvalue weighted by Gasteiger charge is 2.17. The van der Waals surface area contributed by atoms with E-state index in [2.05, 4.69) is 0 Å². The van der Waals surface area contributed by atoms with Gasteiger partial charge in [-0.15, -0.1) is 0 Å². The van der Waals surface area contributed by atoms with Crippen LogP contribution in [0.15, 0.2) is 24.3 Å². The minimum atomic E-state index is -0.980. The molecule has 17 heavy (non-hydrogen) atoms. The van der Waals surface area contributed by atoms with E-state index < -0.39 is 17.9 Å². The molecule has 0 radical (unpaired) electrons. The molecule has 1 aromatic carbocycles. The molecule has 0 amide bonds. The van der Waals surface area contributed by atoms with Crippen LogP contribution in [0.5, 0.6) is 0 Å². The molecular formula is C12H15NO4. The lowest BCUT2D eigenvalue weighted by Gasteiger charge is -2.12. The van der Waals surface area contributed by atoms with Crippen LogP contribution < -0.4 is 5.73 Å². The van der Waals surface area contributed by atoms with E-state index in [0.717, 1.165) is 5.56 Å². The fourth-order valence-electron chi connectivity index (χ4n) is 1.70. The number of hydrogen-bond donors (Lipinski definition) is 3. The first-order valence-electron chi connectivity index (χ1n) is 5.25. The molecule has 92 valence electrons. The quantitative estimate of drug-likeness (QED) is 0.649. The average Bonchev–Trinajstić information content (AvgIpc) is 2.19. The molecule has 0 aliphatic heterocycles. The van der Waals surface area contributed by atoms with Gasteiger partial charge in [0.05, 0.1) is 0 Å². The number of hydrogen-bond acceptors (Lipinski definition) is 3. The molecule has 5 heteroatoms. The van der Waals surface area contributed by atoms with Gasteiger partial charge in [0.2, 0.25) is 0 Å². The van der Waals surface area contributed by atoms with E-state index in [1.165, 1.54) is 0 Å². The number of nitrogen functional groups attached to an aromatic ring is 1. The van der Waals surface area contributed by atoms with Crippen LogP contribution in [0, 0.1) is 5.92 Å². The van der Waals surface area contributed by atoms with Gasteiger partial charge in [0.1, 0.15) is 0 Å². The van der Waals surface area contributed by atoms with Crippen molar-refractivity contribution in [3.05, 3.63) is 29.8 Å². The first kappa shape index (κ1) is 13.0. The van der Waals surface area contributed by atoms with E-state index in [9.17, 15) is 9.59 Å². The van der Waals surface area contributed by atoms with Crippen molar-refractivity contribution in [3.63, 3.8) is 0 Å². The molecule has 0 bridgehead atoms. The van der Waals surface area contributed by atoms with Gasteiger partial charge in [-0.2, -0.15) is 0 Å². The maximum absolute atomic E-state index is 10.6. The normalized spacial score (nSPS) is 10.4. The van der Waals surface area contributed by atoms with Crippen molar-refractivity contribution in [2.24, 2.45) is 5.92 Å². The van der Waals surface area contributed by atoms with Crippen LogP contribution in [0.25, 0.3) is 0 Å². The molecular weight excluding hydrogens is 222 g/mol. The molecule has 0 spiro atoms. The summed E-state index contributed by atoms with van der Waals surface area (Å²) in [6.07, 6.45) is 0.145. The van der Waals surface area contributed by atoms with E-state index in [4.69, 9.17) is 15.9 Å². The monoisotopic (exact) mass is 237 g/mol. The van der Waals surface area contributed by atoms with Gasteiger partial charge in [-0.3, -0.25) is 9.59 Å². The summed E-state index contributed by atoms with van der Waals surface area (Å²) < 4.78 is 0. The van der Waals surface area contributed by atoms with Crippen LogP contribution in [0.4, 0.5) is 5.69 Å². The fourth-order valence-corrected chi connectivity index (χ4v) is 1.70. The lowest BCUT2D eigenvalue weighted by Crippen LogP contribution is -2.15. The third-order valence-electron chi connectivity index (χ3n) is 2.43. The Hall–Kier alpha value is -2.04. The molecule has 0 aliphatic carbocycles. The topological polar surface area (TPSA) is 101 Å². The van der Waals surface area contributed by atoms with Gasteiger partial charge in [-0.1, -0.05) is 12.1 Å². The number of carboxylic acids is 2. The van der Waals surface area contributed by atoms with Crippen LogP contribution in [0.2, 0.25) is 0 Å². The van der Waals surface area contributed by atoms with E-state index in [0.29, 0.717) is 12.1 Å². The number of carbonyl (C=O) groups is 2. The minimum Gasteiger partial charge on any atom is -0.481 e. The summed E-state index contributed by atoms with van der Waals surface area (Å²) in [7, 11) is 0. The van der Waals surface area contributed by atoms with Crippen molar-refractivity contribution in [1.29, 1.82) is 0 Å². The largest absolute Gasteiger partial charge is 0.481 e. The summed E-state index contributed by atoms with van der Waals surface area (Å²) in [6, 6.07) is 7.00. The predicted octanol–water partition coefficient (Wildman–Crippen LogP) is 1.38. The number of nitrogens with two attached hydrogens (primary N) is 1. The maximum atomic E-state index is 10.6. The SMILES string of the molecule is Nc1ccc(CC(CC(=O)O)CC(=O)O)cc1. The zero-order valence-electron chi connectivity index (χ0n) is 9.30. The van der Waals surface area contributed by atoms with Crippen molar-refractivity contribution >= 4 is 17.6 Å². The highest BCUT2D eigenvalue weighted by Crippen LogP contribution is 2.17. The van der Waals surface area contributed by atoms with E-state index in [-0.39, 0.29) is 12.8 Å². The third kappa shape index (κ3) is 5.01. The van der Waals surface area contributed by atoms with Crippen molar-refractivity contribution in [1.82, 2.24) is 0 Å². The number of carboxylic acid groups (broad SMARTS) is 2. The Kier molecular flexibility index (Phi) is 4.51. The van der Waals surface area contributed by atoms with Crippen molar-refractivity contribution in [2.45, 2.75) is 19.3 Å². The van der Waals surface area contributed by atoms with Gasteiger partial charge in [0.25, 0.3) is 0 Å². The Labute approximate surface area is 98.9 Å². The summed E-state index contributed by atoms with van der Waals surface area (Å²) in [5.74, 6) is -2.35. The van der Waals surface area contributed by atoms with Crippen LogP contribution in [0.3, 0.4) is 0 Å². The van der Waals surface area contributed by atoms with Gasteiger partial charge in [-0.05, 0) is 30.0 Å². The second-order valence-electron chi connectivity index (χ2n) is 4.01. The van der Waals surface area contributed by atoms with Gasteiger partial charge in [0.15, 0.2) is 0 Å². The second kappa shape index (κ2) is 5.89. The first-order chi connectivity index (χ1) is 7.97. The molecule has 0 saturated heterocycles. The Morgan fingerprint density at radius 3 is 1.94 bits per heavy atom. The van der Waals surface area contributed by atoms with E-state index in [1.54, 1.807) is 24.3 Å². The van der Waals surface area contributed by atoms with Crippen LogP contribution >= 0.6 is 0 Å². The van der Waals surface area contributed by atoms with Gasteiger partial charge in [0, 0.05) is 18.5 Å². The average molecular weight is 237 g/mol. The number of aliphatic carboxylic acids is 2. The smallest absolute Gasteiger partial charge is 0.303 e. The number of benzene rings is 1. The number of anilines is 1. The molecule has 0 atom stereocenters. The molecule has 0 aliphatic rings. The van der Waals surface area contributed by atoms with Crippen LogP contribution in [-0.2, 0) is 16.0 Å². The van der Waals surface area contributed by atoms with E-state index >= 15 is 0 Å². The molecule has 4 N–H and O–H groups in total. The van der Waals surface area contributed by atoms with Crippen molar-refractivity contribution in [3.8, 4) is 0 Å². The maximum Gasteiger partial charge on any atom is 0.303 e. The van der Waals surface area contributed by atoms with Crippen molar-refractivity contribution < 1.29 is 19.8 Å². The van der Waals surface area contributed by atoms with Crippen LogP contribution in [0.1, 0.15) is 18.4 Å². The fraction of sp³-hybridized carbons (Fsp3) is 0.333. The van der Waals surface area contributed by atoms with Crippen LogP contribution in [-0.4, -0.2) is 22.2 Å². The molecule has 1 rings (SSSR count). The number of rotatable bonds is 6.